The first-order valence-corrected chi connectivity index (χ1v) is 11.3. The molecule has 0 aromatic rings. The van der Waals surface area contributed by atoms with E-state index in [1.807, 2.05) is 6.08 Å². The molecule has 0 aromatic heterocycles. The molecule has 1 N–H and O–H groups in total. The zero-order valence-electron chi connectivity index (χ0n) is 17.4. The van der Waals surface area contributed by atoms with Crippen molar-refractivity contribution in [2.45, 2.75) is 76.3 Å². The number of aliphatic hydroxyl groups is 1. The van der Waals surface area contributed by atoms with Crippen molar-refractivity contribution in [3.8, 4) is 0 Å². The van der Waals surface area contributed by atoms with Crippen LogP contribution < -0.4 is 0 Å². The van der Waals surface area contributed by atoms with E-state index < -0.39 is 17.5 Å². The highest BCUT2D eigenvalue weighted by Crippen LogP contribution is 2.71. The Morgan fingerprint density at radius 2 is 1.86 bits per heavy atom. The molecular weight excluding hydrogens is 372 g/mol. The SMILES string of the molecule is C[C@]12CCC(=O)C=C1CC[C@@H]1[C@@H]2CC[C@@]2(C)[C@H]1C[C@H](O)[C@@]21OCOC12COCO2. The molecule has 4 aliphatic carbocycles. The highest BCUT2D eigenvalue weighted by molar-refractivity contribution is 5.91. The summed E-state index contributed by atoms with van der Waals surface area (Å²) in [4.78, 5) is 12.0. The van der Waals surface area contributed by atoms with E-state index in [4.69, 9.17) is 18.9 Å². The van der Waals surface area contributed by atoms with E-state index >= 15 is 0 Å². The van der Waals surface area contributed by atoms with Crippen molar-refractivity contribution in [1.82, 2.24) is 0 Å². The van der Waals surface area contributed by atoms with Crippen LogP contribution in [-0.2, 0) is 23.7 Å². The average Bonchev–Trinajstić information content (AvgIpc) is 3.38. The monoisotopic (exact) mass is 404 g/mol. The summed E-state index contributed by atoms with van der Waals surface area (Å²) in [6.45, 7) is 5.32. The number of allylic oxidation sites excluding steroid dienone is 1. The highest BCUT2D eigenvalue weighted by Gasteiger charge is 2.79. The molecule has 0 amide bonds. The minimum Gasteiger partial charge on any atom is -0.390 e. The molecule has 2 saturated heterocycles. The molecule has 6 nitrogen and oxygen atoms in total. The van der Waals surface area contributed by atoms with E-state index in [0.29, 0.717) is 36.6 Å². The smallest absolute Gasteiger partial charge is 0.229 e. The van der Waals surface area contributed by atoms with Crippen molar-refractivity contribution in [2.75, 3.05) is 20.2 Å². The van der Waals surface area contributed by atoms with Gasteiger partial charge in [-0.05, 0) is 67.8 Å². The lowest BCUT2D eigenvalue weighted by atomic mass is 9.46. The summed E-state index contributed by atoms with van der Waals surface area (Å²) in [7, 11) is 0. The number of carbonyl (C=O) groups is 1. The van der Waals surface area contributed by atoms with Crippen molar-refractivity contribution >= 4 is 5.78 Å². The van der Waals surface area contributed by atoms with Gasteiger partial charge in [0.25, 0.3) is 0 Å². The fraction of sp³-hybridized carbons (Fsp3) is 0.870. The molecule has 160 valence electrons. The third kappa shape index (κ3) is 2.08. The number of rotatable bonds is 0. The molecule has 0 aromatic carbocycles. The molecule has 3 saturated carbocycles. The molecule has 0 radical (unpaired) electrons. The average molecular weight is 405 g/mol. The number of fused-ring (bicyclic) bond motifs is 7. The van der Waals surface area contributed by atoms with Gasteiger partial charge in [-0.1, -0.05) is 19.4 Å². The lowest BCUT2D eigenvalue weighted by Crippen LogP contribution is -2.67. The van der Waals surface area contributed by atoms with Gasteiger partial charge in [-0.3, -0.25) is 4.79 Å². The van der Waals surface area contributed by atoms with Crippen LogP contribution in [0.1, 0.15) is 58.8 Å². The molecule has 5 fully saturated rings. The van der Waals surface area contributed by atoms with Gasteiger partial charge in [-0.2, -0.15) is 0 Å². The Morgan fingerprint density at radius 3 is 2.66 bits per heavy atom. The van der Waals surface area contributed by atoms with Crippen LogP contribution in [0.2, 0.25) is 0 Å². The summed E-state index contributed by atoms with van der Waals surface area (Å²) in [5.41, 5.74) is 0.401. The van der Waals surface area contributed by atoms with Crippen LogP contribution in [-0.4, -0.2) is 48.6 Å². The number of ether oxygens (including phenoxy) is 4. The van der Waals surface area contributed by atoms with Gasteiger partial charge in [0.1, 0.15) is 6.61 Å². The van der Waals surface area contributed by atoms with Gasteiger partial charge in [0, 0.05) is 11.8 Å². The molecule has 29 heavy (non-hydrogen) atoms. The second-order valence-electron chi connectivity index (χ2n) is 10.7. The maximum atomic E-state index is 12.0. The molecule has 6 rings (SSSR count). The fourth-order valence-corrected chi connectivity index (χ4v) is 8.60. The van der Waals surface area contributed by atoms with Gasteiger partial charge in [0.15, 0.2) is 25.0 Å². The van der Waals surface area contributed by atoms with Crippen LogP contribution in [0.3, 0.4) is 0 Å². The maximum absolute atomic E-state index is 12.0. The predicted octanol–water partition coefficient (Wildman–Crippen LogP) is 2.93. The Kier molecular flexibility index (Phi) is 3.86. The molecule has 6 heteroatoms. The summed E-state index contributed by atoms with van der Waals surface area (Å²) >= 11 is 0. The van der Waals surface area contributed by atoms with Crippen LogP contribution >= 0.6 is 0 Å². The largest absolute Gasteiger partial charge is 0.390 e. The Morgan fingerprint density at radius 1 is 1.03 bits per heavy atom. The molecular formula is C23H32O6. The molecule has 2 spiro atoms. The van der Waals surface area contributed by atoms with Crippen LogP contribution in [0, 0.1) is 28.6 Å². The number of hydrogen-bond acceptors (Lipinski definition) is 6. The van der Waals surface area contributed by atoms with Crippen LogP contribution in [0.25, 0.3) is 0 Å². The van der Waals surface area contributed by atoms with Crippen molar-refractivity contribution in [2.24, 2.45) is 28.6 Å². The minimum atomic E-state index is -0.996. The van der Waals surface area contributed by atoms with E-state index in [2.05, 4.69) is 13.8 Å². The quantitative estimate of drug-likeness (QED) is 0.669. The molecule has 2 heterocycles. The molecule has 0 bridgehead atoms. The van der Waals surface area contributed by atoms with Crippen molar-refractivity contribution < 1.29 is 28.8 Å². The summed E-state index contributed by atoms with van der Waals surface area (Å²) in [6, 6.07) is 0. The second-order valence-corrected chi connectivity index (χ2v) is 10.7. The number of ketones is 1. The summed E-state index contributed by atoms with van der Waals surface area (Å²) in [5.74, 6) is 0.749. The van der Waals surface area contributed by atoms with E-state index in [9.17, 15) is 9.90 Å². The predicted molar refractivity (Wildman–Crippen MR) is 103 cm³/mol. The van der Waals surface area contributed by atoms with Gasteiger partial charge in [-0.25, -0.2) is 0 Å². The third-order valence-corrected chi connectivity index (χ3v) is 9.96. The normalized spacial score (nSPS) is 56.4. The van der Waals surface area contributed by atoms with Crippen molar-refractivity contribution in [1.29, 1.82) is 0 Å². The van der Waals surface area contributed by atoms with Crippen molar-refractivity contribution in [3.63, 3.8) is 0 Å². The Hall–Kier alpha value is -0.790. The van der Waals surface area contributed by atoms with E-state index in [0.717, 1.165) is 38.5 Å². The highest BCUT2D eigenvalue weighted by atomic mass is 16.9. The first kappa shape index (κ1) is 18.9. The fourth-order valence-electron chi connectivity index (χ4n) is 8.60. The standard InChI is InChI=1S/C23H32O6/c1-20-7-5-15(24)9-14(20)3-4-16-17(20)6-8-21(2)18(16)10-19(25)23(21)22(28-13-29-23)11-26-12-27-22/h9,16-19,25H,3-8,10-13H2,1-2H3/t16-,17+,18+,19+,20+,21+,22?,23-/m1/s1. The lowest BCUT2D eigenvalue weighted by Gasteiger charge is -2.60. The van der Waals surface area contributed by atoms with Crippen LogP contribution in [0.4, 0.5) is 0 Å². The summed E-state index contributed by atoms with van der Waals surface area (Å²) in [6.07, 6.45) is 7.84. The zero-order chi connectivity index (χ0) is 20.1. The minimum absolute atomic E-state index is 0.122. The van der Waals surface area contributed by atoms with E-state index in [-0.39, 0.29) is 24.4 Å². The maximum Gasteiger partial charge on any atom is 0.229 e. The number of carbonyl (C=O) groups excluding carboxylic acids is 1. The van der Waals surface area contributed by atoms with Gasteiger partial charge in [0.2, 0.25) is 5.79 Å². The summed E-state index contributed by atoms with van der Waals surface area (Å²) in [5, 5.41) is 11.4. The Labute approximate surface area is 171 Å². The first-order chi connectivity index (χ1) is 13.9. The van der Waals surface area contributed by atoms with Crippen molar-refractivity contribution in [3.05, 3.63) is 11.6 Å². The molecule has 1 unspecified atom stereocenters. The van der Waals surface area contributed by atoms with E-state index in [1.165, 1.54) is 5.57 Å². The van der Waals surface area contributed by atoms with Gasteiger partial charge in [-0.15, -0.1) is 0 Å². The first-order valence-electron chi connectivity index (χ1n) is 11.3. The van der Waals surface area contributed by atoms with Gasteiger partial charge >= 0.3 is 0 Å². The topological polar surface area (TPSA) is 74.2 Å². The molecule has 2 aliphatic heterocycles. The van der Waals surface area contributed by atoms with Gasteiger partial charge < -0.3 is 24.1 Å². The lowest BCUT2D eigenvalue weighted by molar-refractivity contribution is -0.268. The van der Waals surface area contributed by atoms with E-state index in [1.54, 1.807) is 0 Å². The third-order valence-electron chi connectivity index (χ3n) is 9.96. The number of hydrogen-bond donors (Lipinski definition) is 1. The van der Waals surface area contributed by atoms with Crippen LogP contribution in [0.15, 0.2) is 11.6 Å². The summed E-state index contributed by atoms with van der Waals surface area (Å²) < 4.78 is 23.9. The molecule has 8 atom stereocenters. The van der Waals surface area contributed by atoms with Gasteiger partial charge in [0.05, 0.1) is 6.10 Å². The zero-order valence-corrected chi connectivity index (χ0v) is 17.4. The Bertz CT molecular complexity index is 766. The molecule has 6 aliphatic rings. The Balaban J connectivity index is 1.40. The second kappa shape index (κ2) is 5.92. The van der Waals surface area contributed by atoms with Crippen LogP contribution in [0.5, 0.6) is 0 Å². The number of aliphatic hydroxyl groups excluding tert-OH is 1.